The molecule has 0 atom stereocenters. The molecule has 4 heteroatoms. The maximum atomic E-state index is 13.5. The van der Waals surface area contributed by atoms with Crippen molar-refractivity contribution in [2.24, 2.45) is 0 Å². The van der Waals surface area contributed by atoms with Gasteiger partial charge in [-0.25, -0.2) is 4.39 Å². The molecule has 0 fully saturated rings. The lowest BCUT2D eigenvalue weighted by Gasteiger charge is -2.08. The summed E-state index contributed by atoms with van der Waals surface area (Å²) in [5.41, 5.74) is 1.67. The molecule has 0 unspecified atom stereocenters. The summed E-state index contributed by atoms with van der Waals surface area (Å²) in [6.45, 7) is 1.74. The minimum Gasteiger partial charge on any atom is -0.388 e. The molecule has 0 aliphatic heterocycles. The molecule has 0 saturated heterocycles. The zero-order chi connectivity index (χ0) is 13.5. The van der Waals surface area contributed by atoms with Crippen LogP contribution in [0.2, 0.25) is 0 Å². The fourth-order valence-corrected chi connectivity index (χ4v) is 1.43. The molecule has 0 spiro atoms. The fraction of sp³-hybridized carbons (Fsp3) is 0.143. The lowest BCUT2D eigenvalue weighted by Crippen LogP contribution is -2.06. The molecule has 3 nitrogen and oxygen atoms in total. The normalized spacial score (nSPS) is 11.9. The second-order valence-electron chi connectivity index (χ2n) is 3.52. The number of nitrogens with one attached hydrogen (secondary N) is 1. The fourth-order valence-electron chi connectivity index (χ4n) is 1.43. The Kier molecular flexibility index (Phi) is 4.82. The Morgan fingerprint density at radius 3 is 2.67 bits per heavy atom. The monoisotopic (exact) mass is 244 g/mol. The summed E-state index contributed by atoms with van der Waals surface area (Å²) in [5, 5.41) is 11.5. The van der Waals surface area contributed by atoms with E-state index >= 15 is 0 Å². The molecule has 1 rings (SSSR count). The number of aldehydes is 1. The van der Waals surface area contributed by atoms with Crippen LogP contribution in [0.4, 0.5) is 4.39 Å². The average molecular weight is 244 g/mol. The number of halogens is 1. The van der Waals surface area contributed by atoms with E-state index < -0.39 is 5.82 Å². The molecule has 0 aliphatic rings. The van der Waals surface area contributed by atoms with Gasteiger partial charge in [0.1, 0.15) is 18.2 Å². The van der Waals surface area contributed by atoms with Crippen LogP contribution >= 0.6 is 0 Å². The highest BCUT2D eigenvalue weighted by molar-refractivity contribution is 5.82. The molecular formula is C14H13FN2O. The summed E-state index contributed by atoms with van der Waals surface area (Å²) in [5.74, 6) is -0.579. The van der Waals surface area contributed by atoms with Gasteiger partial charge < -0.3 is 5.32 Å². The lowest BCUT2D eigenvalue weighted by atomic mass is 10.1. The van der Waals surface area contributed by atoms with Crippen molar-refractivity contribution in [2.75, 3.05) is 7.05 Å². The van der Waals surface area contributed by atoms with Gasteiger partial charge in [-0.05, 0) is 25.1 Å². The van der Waals surface area contributed by atoms with E-state index in [-0.39, 0.29) is 5.56 Å². The van der Waals surface area contributed by atoms with Crippen LogP contribution in [0.1, 0.15) is 18.1 Å². The van der Waals surface area contributed by atoms with Crippen LogP contribution in [0, 0.1) is 17.1 Å². The maximum Gasteiger partial charge on any atom is 0.149 e. The number of nitriles is 1. The summed E-state index contributed by atoms with van der Waals surface area (Å²) in [7, 11) is 1.68. The van der Waals surface area contributed by atoms with Gasteiger partial charge in [0, 0.05) is 23.9 Å². The summed E-state index contributed by atoms with van der Waals surface area (Å²) >= 11 is 0. The van der Waals surface area contributed by atoms with Crippen molar-refractivity contribution in [2.45, 2.75) is 6.92 Å². The molecule has 0 aromatic heterocycles. The van der Waals surface area contributed by atoms with Crippen molar-refractivity contribution < 1.29 is 9.18 Å². The standard InChI is InChI=1S/C14H13FN2O/c1-3-10(9-18)6-14(17-2)11-4-5-12(8-16)13(15)7-11/h3-7,9,17H,1-2H3/b10-3+,14-6-. The first-order valence-corrected chi connectivity index (χ1v) is 5.37. The quantitative estimate of drug-likeness (QED) is 0.502. The number of rotatable bonds is 4. The molecule has 1 aromatic rings. The van der Waals surface area contributed by atoms with Crippen molar-refractivity contribution in [3.05, 3.63) is 52.9 Å². The summed E-state index contributed by atoms with van der Waals surface area (Å²) < 4.78 is 13.5. The van der Waals surface area contributed by atoms with Crippen molar-refractivity contribution in [3.63, 3.8) is 0 Å². The van der Waals surface area contributed by atoms with Crippen LogP contribution in [0.15, 0.2) is 35.9 Å². The molecule has 18 heavy (non-hydrogen) atoms. The first-order valence-electron chi connectivity index (χ1n) is 5.37. The zero-order valence-electron chi connectivity index (χ0n) is 10.2. The largest absolute Gasteiger partial charge is 0.388 e. The van der Waals surface area contributed by atoms with E-state index in [1.54, 1.807) is 38.3 Å². The third kappa shape index (κ3) is 3.05. The Balaban J connectivity index is 3.22. The first kappa shape index (κ1) is 13.7. The van der Waals surface area contributed by atoms with Crippen molar-refractivity contribution in [1.29, 1.82) is 5.26 Å². The number of carbonyl (C=O) groups is 1. The number of hydrogen-bond acceptors (Lipinski definition) is 3. The molecule has 0 radical (unpaired) electrons. The zero-order valence-corrected chi connectivity index (χ0v) is 10.2. The van der Waals surface area contributed by atoms with Gasteiger partial charge in [-0.1, -0.05) is 12.1 Å². The lowest BCUT2D eigenvalue weighted by molar-refractivity contribution is -0.104. The van der Waals surface area contributed by atoms with E-state index in [1.807, 2.05) is 0 Å². The van der Waals surface area contributed by atoms with Gasteiger partial charge in [-0.2, -0.15) is 5.26 Å². The van der Waals surface area contributed by atoms with Crippen molar-refractivity contribution >= 4 is 12.0 Å². The van der Waals surface area contributed by atoms with E-state index in [0.29, 0.717) is 16.8 Å². The van der Waals surface area contributed by atoms with Crippen LogP contribution in [-0.4, -0.2) is 13.3 Å². The van der Waals surface area contributed by atoms with Gasteiger partial charge in [0.05, 0.1) is 5.56 Å². The second kappa shape index (κ2) is 6.36. The van der Waals surface area contributed by atoms with Gasteiger partial charge in [0.15, 0.2) is 0 Å². The summed E-state index contributed by atoms with van der Waals surface area (Å²) in [4.78, 5) is 10.7. The van der Waals surface area contributed by atoms with E-state index in [1.165, 1.54) is 12.1 Å². The topological polar surface area (TPSA) is 52.9 Å². The minimum atomic E-state index is -0.579. The summed E-state index contributed by atoms with van der Waals surface area (Å²) in [6.07, 6.45) is 4.00. The highest BCUT2D eigenvalue weighted by atomic mass is 19.1. The number of hydrogen-bond donors (Lipinski definition) is 1. The van der Waals surface area contributed by atoms with Gasteiger partial charge in [-0.3, -0.25) is 4.79 Å². The molecule has 92 valence electrons. The molecular weight excluding hydrogens is 231 g/mol. The first-order chi connectivity index (χ1) is 8.65. The maximum absolute atomic E-state index is 13.5. The van der Waals surface area contributed by atoms with Gasteiger partial charge in [0.25, 0.3) is 0 Å². The minimum absolute atomic E-state index is 0.00384. The molecule has 0 bridgehead atoms. The smallest absolute Gasteiger partial charge is 0.149 e. The molecule has 0 amide bonds. The summed E-state index contributed by atoms with van der Waals surface area (Å²) in [6, 6.07) is 6.06. The number of carbonyl (C=O) groups excluding carboxylic acids is 1. The Morgan fingerprint density at radius 1 is 1.50 bits per heavy atom. The van der Waals surface area contributed by atoms with Gasteiger partial charge >= 0.3 is 0 Å². The van der Waals surface area contributed by atoms with Gasteiger partial charge in [0.2, 0.25) is 0 Å². The van der Waals surface area contributed by atoms with E-state index in [4.69, 9.17) is 5.26 Å². The Labute approximate surface area is 105 Å². The van der Waals surface area contributed by atoms with E-state index in [2.05, 4.69) is 5.32 Å². The highest BCUT2D eigenvalue weighted by Crippen LogP contribution is 2.17. The van der Waals surface area contributed by atoms with Crippen LogP contribution in [0.5, 0.6) is 0 Å². The molecule has 0 heterocycles. The third-order valence-corrected chi connectivity index (χ3v) is 2.45. The predicted molar refractivity (Wildman–Crippen MR) is 68.0 cm³/mol. The second-order valence-corrected chi connectivity index (χ2v) is 3.52. The molecule has 1 aromatic carbocycles. The van der Waals surface area contributed by atoms with Crippen LogP contribution in [0.3, 0.4) is 0 Å². The Morgan fingerprint density at radius 2 is 2.22 bits per heavy atom. The van der Waals surface area contributed by atoms with Crippen molar-refractivity contribution in [1.82, 2.24) is 5.32 Å². The van der Waals surface area contributed by atoms with Crippen LogP contribution < -0.4 is 5.32 Å². The number of allylic oxidation sites excluding steroid dienone is 3. The average Bonchev–Trinajstić information content (AvgIpc) is 2.40. The number of benzene rings is 1. The SMILES string of the molecule is C/C=C(C=O)\C=C(/NC)c1ccc(C#N)c(F)c1. The van der Waals surface area contributed by atoms with Gasteiger partial charge in [-0.15, -0.1) is 0 Å². The van der Waals surface area contributed by atoms with Crippen molar-refractivity contribution in [3.8, 4) is 6.07 Å². The number of nitrogens with zero attached hydrogens (tertiary/aromatic N) is 1. The highest BCUT2D eigenvalue weighted by Gasteiger charge is 2.06. The predicted octanol–water partition coefficient (Wildman–Crippen LogP) is 2.40. The van der Waals surface area contributed by atoms with Crippen LogP contribution in [-0.2, 0) is 4.79 Å². The Hall–Kier alpha value is -2.41. The molecule has 1 N–H and O–H groups in total. The Bertz CT molecular complexity index is 553. The third-order valence-electron chi connectivity index (χ3n) is 2.45. The van der Waals surface area contributed by atoms with E-state index in [9.17, 15) is 9.18 Å². The molecule has 0 saturated carbocycles. The molecule has 0 aliphatic carbocycles. The van der Waals surface area contributed by atoms with E-state index in [0.717, 1.165) is 6.29 Å². The van der Waals surface area contributed by atoms with Crippen LogP contribution in [0.25, 0.3) is 5.70 Å².